The molecule has 0 saturated carbocycles. The van der Waals surface area contributed by atoms with Crippen molar-refractivity contribution in [1.29, 1.82) is 0 Å². The van der Waals surface area contributed by atoms with E-state index in [-0.39, 0.29) is 27.7 Å². The highest BCUT2D eigenvalue weighted by atomic mass is 32.1. The van der Waals surface area contributed by atoms with Crippen LogP contribution in [0.25, 0.3) is 0 Å². The highest BCUT2D eigenvalue weighted by Crippen LogP contribution is 2.21. The second kappa shape index (κ2) is 11.5. The summed E-state index contributed by atoms with van der Waals surface area (Å²) in [5, 5.41) is 13.5. The third-order valence-corrected chi connectivity index (χ3v) is 7.07. The second-order valence-corrected chi connectivity index (χ2v) is 9.63. The number of nitrogens with one attached hydrogen (secondary N) is 2. The lowest BCUT2D eigenvalue weighted by Crippen LogP contribution is -2.46. The molecule has 0 bridgehead atoms. The number of carbonyl (C=O) groups excluding carboxylic acids is 3. The lowest BCUT2D eigenvalue weighted by atomic mass is 9.97. The minimum atomic E-state index is -0.521. The minimum absolute atomic E-state index is 0.0221. The van der Waals surface area contributed by atoms with E-state index in [1.54, 1.807) is 4.90 Å². The molecule has 0 unspecified atom stereocenters. The monoisotopic (exact) mass is 488 g/mol. The van der Waals surface area contributed by atoms with Crippen LogP contribution in [0.15, 0.2) is 24.3 Å². The van der Waals surface area contributed by atoms with Gasteiger partial charge in [-0.2, -0.15) is 0 Å². The van der Waals surface area contributed by atoms with Crippen molar-refractivity contribution in [3.05, 3.63) is 40.1 Å². The summed E-state index contributed by atoms with van der Waals surface area (Å²) < 4.78 is 13.0. The molecule has 2 aromatic rings. The Labute approximate surface area is 201 Å². The summed E-state index contributed by atoms with van der Waals surface area (Å²) in [5.41, 5.74) is 0.416. The van der Waals surface area contributed by atoms with Crippen LogP contribution in [0.2, 0.25) is 0 Å². The van der Waals surface area contributed by atoms with Gasteiger partial charge in [0.1, 0.15) is 5.82 Å². The van der Waals surface area contributed by atoms with Crippen molar-refractivity contribution in [2.75, 3.05) is 44.6 Å². The number of benzene rings is 1. The molecular formula is C23H29FN6O3S. The number of aromatic nitrogens is 2. The molecule has 2 N–H and O–H groups in total. The van der Waals surface area contributed by atoms with Crippen molar-refractivity contribution in [3.63, 3.8) is 0 Å². The standard InChI is InChI=1S/C23H29FN6O3S/c24-17-6-8-18(9-7-17)26-20(32)21-27-28-22(34-21)23(33)30-13-4-5-16(15-30)19(31)25-10-14-29-11-2-1-3-12-29/h6-9,16H,1-5,10-15H2,(H,25,31)(H,26,32)/t16-/m1/s1. The molecule has 2 saturated heterocycles. The molecule has 4 rings (SSSR count). The van der Waals surface area contributed by atoms with E-state index in [0.717, 1.165) is 43.8 Å². The molecule has 0 aliphatic carbocycles. The Kier molecular flexibility index (Phi) is 8.17. The van der Waals surface area contributed by atoms with E-state index >= 15 is 0 Å². The van der Waals surface area contributed by atoms with Crippen molar-refractivity contribution in [2.24, 2.45) is 5.92 Å². The average molecular weight is 489 g/mol. The lowest BCUT2D eigenvalue weighted by molar-refractivity contribution is -0.126. The Morgan fingerprint density at radius 2 is 1.74 bits per heavy atom. The Bertz CT molecular complexity index is 1010. The van der Waals surface area contributed by atoms with Gasteiger partial charge in [-0.3, -0.25) is 14.4 Å². The van der Waals surface area contributed by atoms with Gasteiger partial charge in [-0.25, -0.2) is 4.39 Å². The van der Waals surface area contributed by atoms with Crippen LogP contribution < -0.4 is 10.6 Å². The van der Waals surface area contributed by atoms with E-state index in [9.17, 15) is 18.8 Å². The van der Waals surface area contributed by atoms with Crippen LogP contribution in [0.4, 0.5) is 10.1 Å². The summed E-state index contributed by atoms with van der Waals surface area (Å²) in [4.78, 5) is 42.0. The maximum atomic E-state index is 13.0. The van der Waals surface area contributed by atoms with E-state index in [4.69, 9.17) is 0 Å². The zero-order valence-corrected chi connectivity index (χ0v) is 19.8. The number of carbonyl (C=O) groups is 3. The van der Waals surface area contributed by atoms with Crippen LogP contribution in [0, 0.1) is 11.7 Å². The Morgan fingerprint density at radius 3 is 2.50 bits per heavy atom. The number of piperidine rings is 2. The molecule has 182 valence electrons. The van der Waals surface area contributed by atoms with Crippen LogP contribution >= 0.6 is 11.3 Å². The van der Waals surface area contributed by atoms with Crippen molar-refractivity contribution < 1.29 is 18.8 Å². The first-order valence-corrected chi connectivity index (χ1v) is 12.5. The Hall–Kier alpha value is -2.92. The van der Waals surface area contributed by atoms with Gasteiger partial charge in [-0.15, -0.1) is 10.2 Å². The van der Waals surface area contributed by atoms with E-state index in [2.05, 4.69) is 25.7 Å². The predicted molar refractivity (Wildman–Crippen MR) is 126 cm³/mol. The number of hydrogen-bond donors (Lipinski definition) is 2. The SMILES string of the molecule is O=C(Nc1ccc(F)cc1)c1nnc(C(=O)N2CCC[C@@H](C(=O)NCCN3CCCCC3)C2)s1. The molecule has 1 aromatic heterocycles. The van der Waals surface area contributed by atoms with Gasteiger partial charge in [0.15, 0.2) is 0 Å². The molecule has 0 spiro atoms. The van der Waals surface area contributed by atoms with Gasteiger partial charge in [-0.05, 0) is 63.0 Å². The highest BCUT2D eigenvalue weighted by molar-refractivity contribution is 7.15. The maximum Gasteiger partial charge on any atom is 0.286 e. The van der Waals surface area contributed by atoms with Crippen LogP contribution in [0.3, 0.4) is 0 Å². The first-order chi connectivity index (χ1) is 16.5. The largest absolute Gasteiger partial charge is 0.355 e. The molecule has 2 aliphatic heterocycles. The summed E-state index contributed by atoms with van der Waals surface area (Å²) >= 11 is 0.899. The van der Waals surface area contributed by atoms with Crippen LogP contribution in [0.5, 0.6) is 0 Å². The van der Waals surface area contributed by atoms with Crippen molar-refractivity contribution in [2.45, 2.75) is 32.1 Å². The van der Waals surface area contributed by atoms with Crippen molar-refractivity contribution >= 4 is 34.7 Å². The topological polar surface area (TPSA) is 108 Å². The van der Waals surface area contributed by atoms with Gasteiger partial charge < -0.3 is 20.4 Å². The molecule has 3 heterocycles. The number of amides is 3. The number of likely N-dealkylation sites (tertiary alicyclic amines) is 2. The summed E-state index contributed by atoms with van der Waals surface area (Å²) in [5.74, 6) is -1.53. The van der Waals surface area contributed by atoms with Gasteiger partial charge in [0.25, 0.3) is 11.8 Å². The van der Waals surface area contributed by atoms with Gasteiger partial charge in [0.2, 0.25) is 15.9 Å². The van der Waals surface area contributed by atoms with E-state index in [1.165, 1.54) is 43.5 Å². The molecule has 3 amide bonds. The third kappa shape index (κ3) is 6.35. The Balaban J connectivity index is 1.27. The lowest BCUT2D eigenvalue weighted by Gasteiger charge is -2.32. The van der Waals surface area contributed by atoms with Gasteiger partial charge in [0, 0.05) is 31.9 Å². The first kappa shape index (κ1) is 24.2. The summed E-state index contributed by atoms with van der Waals surface area (Å²) in [6.45, 7) is 4.51. The van der Waals surface area contributed by atoms with Crippen molar-refractivity contribution in [1.82, 2.24) is 25.3 Å². The smallest absolute Gasteiger partial charge is 0.286 e. The van der Waals surface area contributed by atoms with Crippen LogP contribution in [-0.2, 0) is 4.79 Å². The van der Waals surface area contributed by atoms with Crippen LogP contribution in [0.1, 0.15) is 51.7 Å². The minimum Gasteiger partial charge on any atom is -0.355 e. The number of nitrogens with zero attached hydrogens (tertiary/aromatic N) is 4. The predicted octanol–water partition coefficient (Wildman–Crippen LogP) is 2.38. The first-order valence-electron chi connectivity index (χ1n) is 11.7. The molecule has 0 radical (unpaired) electrons. The molecule has 34 heavy (non-hydrogen) atoms. The summed E-state index contributed by atoms with van der Waals surface area (Å²) in [6, 6.07) is 5.35. The molecule has 11 heteroatoms. The van der Waals surface area contributed by atoms with Crippen molar-refractivity contribution in [3.8, 4) is 0 Å². The molecule has 2 aliphatic rings. The quantitative estimate of drug-likeness (QED) is 0.620. The fourth-order valence-corrected chi connectivity index (χ4v) is 5.00. The molecule has 1 atom stereocenters. The van der Waals surface area contributed by atoms with E-state index in [0.29, 0.717) is 25.3 Å². The number of hydrogen-bond acceptors (Lipinski definition) is 7. The zero-order valence-electron chi connectivity index (χ0n) is 19.0. The summed E-state index contributed by atoms with van der Waals surface area (Å²) in [7, 11) is 0. The molecule has 9 nitrogen and oxygen atoms in total. The Morgan fingerprint density at radius 1 is 1.00 bits per heavy atom. The van der Waals surface area contributed by atoms with Gasteiger partial charge >= 0.3 is 0 Å². The van der Waals surface area contributed by atoms with Gasteiger partial charge in [0.05, 0.1) is 5.92 Å². The maximum absolute atomic E-state index is 13.0. The second-order valence-electron chi connectivity index (χ2n) is 8.66. The fraction of sp³-hybridized carbons (Fsp3) is 0.522. The summed E-state index contributed by atoms with van der Waals surface area (Å²) in [6.07, 6.45) is 5.18. The molecule has 1 aromatic carbocycles. The van der Waals surface area contributed by atoms with E-state index in [1.807, 2.05) is 0 Å². The number of anilines is 1. The molecule has 2 fully saturated rings. The third-order valence-electron chi connectivity index (χ3n) is 6.16. The fourth-order valence-electron chi connectivity index (χ4n) is 4.29. The zero-order chi connectivity index (χ0) is 23.9. The number of rotatable bonds is 7. The van der Waals surface area contributed by atoms with Crippen LogP contribution in [-0.4, -0.2) is 77.0 Å². The van der Waals surface area contributed by atoms with Gasteiger partial charge in [-0.1, -0.05) is 17.8 Å². The average Bonchev–Trinajstić information content (AvgIpc) is 3.36. The normalized spacial score (nSPS) is 19.0. The molecular weight excluding hydrogens is 459 g/mol. The highest BCUT2D eigenvalue weighted by Gasteiger charge is 2.31. The van der Waals surface area contributed by atoms with E-state index < -0.39 is 11.7 Å². The number of halogens is 1.